The Hall–Kier alpha value is -4.00. The quantitative estimate of drug-likeness (QED) is 0.463. The van der Waals surface area contributed by atoms with Gasteiger partial charge < -0.3 is 24.4 Å². The molecule has 3 aromatic rings. The van der Waals surface area contributed by atoms with Crippen LogP contribution in [0.3, 0.4) is 0 Å². The lowest BCUT2D eigenvalue weighted by atomic mass is 9.78. The maximum absolute atomic E-state index is 14.0. The standard InChI is InChI=1S/C29H32N2O5/c1-6-15-31-26(19-16-23(34-3)27(36-5)24(17-19)35-4)25(21-9-7-8-10-22(21)29(31)33)28(32)30-20-13-11-18(2)12-14-20/h7-14,16-17,25-26H,6,15H2,1-5H3,(H,30,32). The normalized spacial score (nSPS) is 16.8. The number of carbonyl (C=O) groups excluding carboxylic acids is 2. The van der Waals surface area contributed by atoms with Gasteiger partial charge in [-0.3, -0.25) is 9.59 Å². The number of nitrogens with one attached hydrogen (secondary N) is 1. The molecule has 0 aromatic heterocycles. The molecule has 7 heteroatoms. The Balaban J connectivity index is 1.90. The second-order valence-corrected chi connectivity index (χ2v) is 8.82. The number of methoxy groups -OCH3 is 3. The number of anilines is 1. The zero-order valence-corrected chi connectivity index (χ0v) is 21.3. The first-order valence-corrected chi connectivity index (χ1v) is 12.0. The summed E-state index contributed by atoms with van der Waals surface area (Å²) in [6, 6.07) is 18.1. The molecule has 0 saturated carbocycles. The van der Waals surface area contributed by atoms with Crippen molar-refractivity contribution in [1.82, 2.24) is 4.90 Å². The molecule has 1 aliphatic heterocycles. The molecular weight excluding hydrogens is 456 g/mol. The number of amides is 2. The lowest BCUT2D eigenvalue weighted by Gasteiger charge is -2.42. The number of aryl methyl sites for hydroxylation is 1. The van der Waals surface area contributed by atoms with E-state index < -0.39 is 12.0 Å². The van der Waals surface area contributed by atoms with E-state index in [0.717, 1.165) is 17.5 Å². The number of hydrogen-bond acceptors (Lipinski definition) is 5. The first-order chi connectivity index (χ1) is 17.4. The molecule has 0 fully saturated rings. The minimum absolute atomic E-state index is 0.106. The zero-order valence-electron chi connectivity index (χ0n) is 21.3. The van der Waals surface area contributed by atoms with Crippen molar-refractivity contribution in [3.8, 4) is 17.2 Å². The van der Waals surface area contributed by atoms with Crippen LogP contribution in [-0.4, -0.2) is 44.6 Å². The lowest BCUT2D eigenvalue weighted by molar-refractivity contribution is -0.119. The van der Waals surface area contributed by atoms with E-state index in [1.165, 1.54) is 0 Å². The largest absolute Gasteiger partial charge is 0.493 e. The zero-order chi connectivity index (χ0) is 25.8. The number of nitrogens with zero attached hydrogens (tertiary/aromatic N) is 1. The maximum atomic E-state index is 14.0. The van der Waals surface area contributed by atoms with E-state index in [4.69, 9.17) is 14.2 Å². The average molecular weight is 489 g/mol. The predicted molar refractivity (Wildman–Crippen MR) is 139 cm³/mol. The van der Waals surface area contributed by atoms with Crippen LogP contribution in [0.1, 0.15) is 52.4 Å². The van der Waals surface area contributed by atoms with E-state index in [1.54, 1.807) is 32.3 Å². The molecular formula is C29H32N2O5. The summed E-state index contributed by atoms with van der Waals surface area (Å²) in [6.07, 6.45) is 0.737. The molecule has 1 N–H and O–H groups in total. The minimum Gasteiger partial charge on any atom is -0.493 e. The number of fused-ring (bicyclic) bond motifs is 1. The Kier molecular flexibility index (Phi) is 7.48. The highest BCUT2D eigenvalue weighted by molar-refractivity contribution is 6.04. The molecule has 2 atom stereocenters. The molecule has 36 heavy (non-hydrogen) atoms. The van der Waals surface area contributed by atoms with E-state index >= 15 is 0 Å². The summed E-state index contributed by atoms with van der Waals surface area (Å²) in [5.41, 5.74) is 3.76. The summed E-state index contributed by atoms with van der Waals surface area (Å²) < 4.78 is 16.7. The molecule has 2 unspecified atom stereocenters. The van der Waals surface area contributed by atoms with Crippen molar-refractivity contribution in [1.29, 1.82) is 0 Å². The van der Waals surface area contributed by atoms with Crippen LogP contribution in [0.5, 0.6) is 17.2 Å². The fourth-order valence-electron chi connectivity index (χ4n) is 4.86. The SMILES string of the molecule is CCCN1C(=O)c2ccccc2C(C(=O)Nc2ccc(C)cc2)C1c1cc(OC)c(OC)c(OC)c1. The van der Waals surface area contributed by atoms with E-state index in [9.17, 15) is 9.59 Å². The number of rotatable bonds is 8. The van der Waals surface area contributed by atoms with Crippen molar-refractivity contribution < 1.29 is 23.8 Å². The van der Waals surface area contributed by atoms with Crippen molar-refractivity contribution >= 4 is 17.5 Å². The Labute approximate surface area is 212 Å². The van der Waals surface area contributed by atoms with Gasteiger partial charge in [0.15, 0.2) is 11.5 Å². The third-order valence-electron chi connectivity index (χ3n) is 6.53. The molecule has 2 amide bonds. The van der Waals surface area contributed by atoms with Crippen LogP contribution in [0.25, 0.3) is 0 Å². The highest BCUT2D eigenvalue weighted by Gasteiger charge is 2.44. The van der Waals surface area contributed by atoms with Gasteiger partial charge in [0.05, 0.1) is 33.3 Å². The van der Waals surface area contributed by atoms with Gasteiger partial charge in [0, 0.05) is 17.8 Å². The second kappa shape index (κ2) is 10.7. The molecule has 1 heterocycles. The Morgan fingerprint density at radius 2 is 1.58 bits per heavy atom. The van der Waals surface area contributed by atoms with Crippen molar-refractivity contribution in [2.45, 2.75) is 32.2 Å². The summed E-state index contributed by atoms with van der Waals surface area (Å²) in [6.45, 7) is 4.50. The molecule has 7 nitrogen and oxygen atoms in total. The summed E-state index contributed by atoms with van der Waals surface area (Å²) in [5.74, 6) is 0.424. The maximum Gasteiger partial charge on any atom is 0.254 e. The summed E-state index contributed by atoms with van der Waals surface area (Å²) in [5, 5.41) is 3.07. The molecule has 188 valence electrons. The summed E-state index contributed by atoms with van der Waals surface area (Å²) in [4.78, 5) is 29.4. The predicted octanol–water partition coefficient (Wildman–Crippen LogP) is 5.35. The number of hydrogen-bond donors (Lipinski definition) is 1. The molecule has 0 aliphatic carbocycles. The van der Waals surface area contributed by atoms with Gasteiger partial charge in [0.1, 0.15) is 0 Å². The van der Waals surface area contributed by atoms with Crippen molar-refractivity contribution in [3.63, 3.8) is 0 Å². The van der Waals surface area contributed by atoms with Gasteiger partial charge >= 0.3 is 0 Å². The second-order valence-electron chi connectivity index (χ2n) is 8.82. The Bertz CT molecular complexity index is 1230. The first kappa shape index (κ1) is 25.1. The van der Waals surface area contributed by atoms with Crippen LogP contribution in [0.15, 0.2) is 60.7 Å². The van der Waals surface area contributed by atoms with Gasteiger partial charge in [-0.25, -0.2) is 0 Å². The summed E-state index contributed by atoms with van der Waals surface area (Å²) in [7, 11) is 4.64. The van der Waals surface area contributed by atoms with Crippen molar-refractivity contribution in [2.75, 3.05) is 33.2 Å². The van der Waals surface area contributed by atoms with Crippen LogP contribution in [0.4, 0.5) is 5.69 Å². The third-order valence-corrected chi connectivity index (χ3v) is 6.53. The van der Waals surface area contributed by atoms with Crippen molar-refractivity contribution in [3.05, 3.63) is 82.9 Å². The van der Waals surface area contributed by atoms with Gasteiger partial charge in [-0.05, 0) is 54.8 Å². The molecule has 0 spiro atoms. The highest BCUT2D eigenvalue weighted by atomic mass is 16.5. The molecule has 0 bridgehead atoms. The molecule has 1 aliphatic rings. The minimum atomic E-state index is -0.658. The van der Waals surface area contributed by atoms with Gasteiger partial charge in [0.2, 0.25) is 11.7 Å². The smallest absolute Gasteiger partial charge is 0.254 e. The first-order valence-electron chi connectivity index (χ1n) is 12.0. The highest BCUT2D eigenvalue weighted by Crippen LogP contribution is 2.47. The van der Waals surface area contributed by atoms with Crippen LogP contribution in [0, 0.1) is 6.92 Å². The topological polar surface area (TPSA) is 77.1 Å². The van der Waals surface area contributed by atoms with Gasteiger partial charge in [-0.15, -0.1) is 0 Å². The molecule has 3 aromatic carbocycles. The fraction of sp³-hybridized carbons (Fsp3) is 0.310. The Morgan fingerprint density at radius 3 is 2.17 bits per heavy atom. The van der Waals surface area contributed by atoms with E-state index in [-0.39, 0.29) is 11.8 Å². The number of carbonyl (C=O) groups is 2. The third kappa shape index (κ3) is 4.61. The van der Waals surface area contributed by atoms with Gasteiger partial charge in [-0.1, -0.05) is 42.8 Å². The molecule has 4 rings (SSSR count). The average Bonchev–Trinajstić information content (AvgIpc) is 2.90. The number of ether oxygens (including phenoxy) is 3. The lowest BCUT2D eigenvalue weighted by Crippen LogP contribution is -2.46. The van der Waals surface area contributed by atoms with E-state index in [1.807, 2.05) is 68.4 Å². The number of benzene rings is 3. The fourth-order valence-corrected chi connectivity index (χ4v) is 4.86. The summed E-state index contributed by atoms with van der Waals surface area (Å²) >= 11 is 0. The van der Waals surface area contributed by atoms with Crippen LogP contribution >= 0.6 is 0 Å². The molecule has 0 radical (unpaired) electrons. The van der Waals surface area contributed by atoms with E-state index in [2.05, 4.69) is 5.32 Å². The Morgan fingerprint density at radius 1 is 0.944 bits per heavy atom. The van der Waals surface area contributed by atoms with Crippen molar-refractivity contribution in [2.24, 2.45) is 0 Å². The van der Waals surface area contributed by atoms with Crippen LogP contribution in [-0.2, 0) is 4.79 Å². The van der Waals surface area contributed by atoms with Gasteiger partial charge in [-0.2, -0.15) is 0 Å². The monoisotopic (exact) mass is 488 g/mol. The van der Waals surface area contributed by atoms with Gasteiger partial charge in [0.25, 0.3) is 5.91 Å². The van der Waals surface area contributed by atoms with Crippen LogP contribution < -0.4 is 19.5 Å². The van der Waals surface area contributed by atoms with Crippen LogP contribution in [0.2, 0.25) is 0 Å². The van der Waals surface area contributed by atoms with E-state index in [0.29, 0.717) is 40.6 Å². The molecule has 0 saturated heterocycles.